The Balaban J connectivity index is 3.13. The van der Waals surface area contributed by atoms with Crippen LogP contribution in [-0.2, 0) is 9.53 Å². The van der Waals surface area contributed by atoms with Gasteiger partial charge in [-0.3, -0.25) is 4.79 Å². The fraction of sp³-hybridized carbons (Fsp3) is 0.500. The molecule has 0 aliphatic carbocycles. The van der Waals surface area contributed by atoms with Crippen molar-refractivity contribution < 1.29 is 23.8 Å². The standard InChI is InChI=1S/C16H22FNO4/c1-15(2,3)22-14(21)18-12(16(4,5)13(19)20)10-7-6-8-11(17)9-10/h6-9,12H,1-5H3,(H,18,21)(H,19,20)/t12-/m1/s1. The fourth-order valence-corrected chi connectivity index (χ4v) is 1.92. The normalized spacial score (nSPS) is 13.4. The van der Waals surface area contributed by atoms with Crippen molar-refractivity contribution in [1.82, 2.24) is 5.32 Å². The fourth-order valence-electron chi connectivity index (χ4n) is 1.92. The first-order valence-electron chi connectivity index (χ1n) is 6.92. The summed E-state index contributed by atoms with van der Waals surface area (Å²) in [6.07, 6.45) is -0.754. The largest absolute Gasteiger partial charge is 0.481 e. The van der Waals surface area contributed by atoms with Crippen LogP contribution in [0.5, 0.6) is 0 Å². The van der Waals surface area contributed by atoms with Gasteiger partial charge in [0.25, 0.3) is 0 Å². The van der Waals surface area contributed by atoms with Gasteiger partial charge in [-0.05, 0) is 52.3 Å². The van der Waals surface area contributed by atoms with Gasteiger partial charge in [0.2, 0.25) is 0 Å². The third-order valence-electron chi connectivity index (χ3n) is 3.12. The van der Waals surface area contributed by atoms with Crippen molar-refractivity contribution in [2.45, 2.75) is 46.3 Å². The predicted molar refractivity (Wildman–Crippen MR) is 79.9 cm³/mol. The number of nitrogens with one attached hydrogen (secondary N) is 1. The molecule has 0 unspecified atom stereocenters. The molecule has 1 aromatic carbocycles. The van der Waals surface area contributed by atoms with Crippen LogP contribution >= 0.6 is 0 Å². The SMILES string of the molecule is CC(C)(C)OC(=O)N[C@H](c1cccc(F)c1)C(C)(C)C(=O)O. The smallest absolute Gasteiger partial charge is 0.408 e. The van der Waals surface area contributed by atoms with Crippen molar-refractivity contribution in [1.29, 1.82) is 0 Å². The zero-order valence-corrected chi connectivity index (χ0v) is 13.4. The average Bonchev–Trinajstić information content (AvgIpc) is 2.33. The quantitative estimate of drug-likeness (QED) is 0.892. The molecule has 2 N–H and O–H groups in total. The van der Waals surface area contributed by atoms with Crippen molar-refractivity contribution in [3.8, 4) is 0 Å². The van der Waals surface area contributed by atoms with Gasteiger partial charge in [0.15, 0.2) is 0 Å². The first-order valence-corrected chi connectivity index (χ1v) is 6.92. The number of hydrogen-bond donors (Lipinski definition) is 2. The lowest BCUT2D eigenvalue weighted by Crippen LogP contribution is -2.44. The Bertz CT molecular complexity index is 564. The summed E-state index contributed by atoms with van der Waals surface area (Å²) in [5.41, 5.74) is -1.70. The molecule has 0 radical (unpaired) electrons. The highest BCUT2D eigenvalue weighted by Crippen LogP contribution is 2.34. The second-order valence-corrected chi connectivity index (χ2v) is 6.66. The third kappa shape index (κ3) is 4.72. The summed E-state index contributed by atoms with van der Waals surface area (Å²) >= 11 is 0. The molecule has 1 aromatic rings. The van der Waals surface area contributed by atoms with E-state index in [-0.39, 0.29) is 0 Å². The van der Waals surface area contributed by atoms with Gasteiger partial charge in [0.05, 0.1) is 11.5 Å². The highest BCUT2D eigenvalue weighted by molar-refractivity contribution is 5.77. The van der Waals surface area contributed by atoms with Crippen LogP contribution < -0.4 is 5.32 Å². The maximum Gasteiger partial charge on any atom is 0.408 e. The Hall–Kier alpha value is -2.11. The lowest BCUT2D eigenvalue weighted by atomic mass is 9.80. The van der Waals surface area contributed by atoms with Gasteiger partial charge < -0.3 is 15.2 Å². The first kappa shape index (κ1) is 17.9. The molecular formula is C16H22FNO4. The molecule has 0 fully saturated rings. The van der Waals surface area contributed by atoms with E-state index < -0.39 is 34.9 Å². The molecule has 0 aromatic heterocycles. The molecule has 0 aliphatic rings. The number of alkyl carbamates (subject to hydrolysis) is 1. The van der Waals surface area contributed by atoms with Crippen LogP contribution in [0.15, 0.2) is 24.3 Å². The van der Waals surface area contributed by atoms with E-state index in [0.717, 1.165) is 0 Å². The molecule has 1 atom stereocenters. The van der Waals surface area contributed by atoms with Gasteiger partial charge in [-0.15, -0.1) is 0 Å². The molecule has 0 aliphatic heterocycles. The van der Waals surface area contributed by atoms with Crippen molar-refractivity contribution in [2.24, 2.45) is 5.41 Å². The van der Waals surface area contributed by atoms with E-state index in [1.807, 2.05) is 0 Å². The van der Waals surface area contributed by atoms with Crippen LogP contribution in [0.4, 0.5) is 9.18 Å². The number of carboxylic acids is 1. The van der Waals surface area contributed by atoms with E-state index in [0.29, 0.717) is 5.56 Å². The molecule has 22 heavy (non-hydrogen) atoms. The number of hydrogen-bond acceptors (Lipinski definition) is 3. The van der Waals surface area contributed by atoms with Crippen molar-refractivity contribution in [3.05, 3.63) is 35.6 Å². The molecule has 6 heteroatoms. The molecule has 1 rings (SSSR count). The Labute approximate surface area is 129 Å². The van der Waals surface area contributed by atoms with Crippen molar-refractivity contribution >= 4 is 12.1 Å². The number of ether oxygens (including phenoxy) is 1. The number of carbonyl (C=O) groups excluding carboxylic acids is 1. The van der Waals surface area contributed by atoms with Crippen LogP contribution in [0.3, 0.4) is 0 Å². The van der Waals surface area contributed by atoms with E-state index in [1.54, 1.807) is 26.8 Å². The molecular weight excluding hydrogens is 289 g/mol. The lowest BCUT2D eigenvalue weighted by molar-refractivity contribution is -0.148. The van der Waals surface area contributed by atoms with Gasteiger partial charge in [-0.1, -0.05) is 12.1 Å². The van der Waals surface area contributed by atoms with Gasteiger partial charge in [0, 0.05) is 0 Å². The minimum atomic E-state index is -1.34. The maximum atomic E-state index is 13.4. The molecule has 0 saturated carbocycles. The number of rotatable bonds is 4. The number of benzene rings is 1. The summed E-state index contributed by atoms with van der Waals surface area (Å²) < 4.78 is 18.6. The number of carboxylic acid groups (broad SMARTS) is 1. The molecule has 0 heterocycles. The summed E-state index contributed by atoms with van der Waals surface area (Å²) in [4.78, 5) is 23.5. The van der Waals surface area contributed by atoms with Gasteiger partial charge in [0.1, 0.15) is 11.4 Å². The molecule has 5 nitrogen and oxygen atoms in total. The van der Waals surface area contributed by atoms with Crippen LogP contribution in [0.1, 0.15) is 46.2 Å². The summed E-state index contributed by atoms with van der Waals surface area (Å²) in [6.45, 7) is 8.02. The molecule has 0 spiro atoms. The highest BCUT2D eigenvalue weighted by Gasteiger charge is 2.39. The summed E-state index contributed by atoms with van der Waals surface area (Å²) in [6, 6.07) is 4.55. The summed E-state index contributed by atoms with van der Waals surface area (Å²) in [5, 5.41) is 11.9. The monoisotopic (exact) mass is 311 g/mol. The van der Waals surface area contributed by atoms with Gasteiger partial charge in [-0.2, -0.15) is 0 Å². The van der Waals surface area contributed by atoms with E-state index in [1.165, 1.54) is 32.0 Å². The maximum absolute atomic E-state index is 13.4. The van der Waals surface area contributed by atoms with E-state index >= 15 is 0 Å². The average molecular weight is 311 g/mol. The van der Waals surface area contributed by atoms with Crippen molar-refractivity contribution in [2.75, 3.05) is 0 Å². The second-order valence-electron chi connectivity index (χ2n) is 6.66. The number of carbonyl (C=O) groups is 2. The molecule has 0 saturated heterocycles. The molecule has 1 amide bonds. The van der Waals surface area contributed by atoms with Crippen molar-refractivity contribution in [3.63, 3.8) is 0 Å². The van der Waals surface area contributed by atoms with Crippen LogP contribution in [0.2, 0.25) is 0 Å². The van der Waals surface area contributed by atoms with Gasteiger partial charge in [-0.25, -0.2) is 9.18 Å². The van der Waals surface area contributed by atoms with Crippen LogP contribution in [0.25, 0.3) is 0 Å². The Morgan fingerprint density at radius 2 is 1.82 bits per heavy atom. The predicted octanol–water partition coefficient (Wildman–Crippen LogP) is 3.50. The van der Waals surface area contributed by atoms with Gasteiger partial charge >= 0.3 is 12.1 Å². The van der Waals surface area contributed by atoms with E-state index in [9.17, 15) is 19.1 Å². The molecule has 122 valence electrons. The zero-order valence-electron chi connectivity index (χ0n) is 13.4. The first-order chi connectivity index (χ1) is 9.93. The molecule has 0 bridgehead atoms. The minimum absolute atomic E-state index is 0.359. The number of aliphatic carboxylic acids is 1. The third-order valence-corrected chi connectivity index (χ3v) is 3.12. The zero-order chi connectivity index (χ0) is 17.1. The van der Waals surface area contributed by atoms with Crippen LogP contribution in [0, 0.1) is 11.2 Å². The lowest BCUT2D eigenvalue weighted by Gasteiger charge is -2.32. The number of halogens is 1. The minimum Gasteiger partial charge on any atom is -0.481 e. The van der Waals surface area contributed by atoms with E-state index in [2.05, 4.69) is 5.32 Å². The Morgan fingerprint density at radius 1 is 1.23 bits per heavy atom. The Kier molecular flexibility index (Phi) is 5.17. The summed E-state index contributed by atoms with van der Waals surface area (Å²) in [7, 11) is 0. The van der Waals surface area contributed by atoms with E-state index in [4.69, 9.17) is 4.74 Å². The topological polar surface area (TPSA) is 75.6 Å². The van der Waals surface area contributed by atoms with Crippen LogP contribution in [-0.4, -0.2) is 22.8 Å². The highest BCUT2D eigenvalue weighted by atomic mass is 19.1. The number of amides is 1. The Morgan fingerprint density at radius 3 is 2.27 bits per heavy atom. The second kappa shape index (κ2) is 6.34. The summed E-state index contributed by atoms with van der Waals surface area (Å²) in [5.74, 6) is -1.62.